The third kappa shape index (κ3) is 2.42. The summed E-state index contributed by atoms with van der Waals surface area (Å²) in [5.74, 6) is 0.296. The molecule has 0 radical (unpaired) electrons. The molecule has 0 aliphatic heterocycles. The van der Waals surface area contributed by atoms with E-state index in [1.807, 2.05) is 18.2 Å². The van der Waals surface area contributed by atoms with Crippen LogP contribution in [0.3, 0.4) is 0 Å². The van der Waals surface area contributed by atoms with Gasteiger partial charge < -0.3 is 4.42 Å². The van der Waals surface area contributed by atoms with Crippen molar-refractivity contribution in [3.8, 4) is 0 Å². The van der Waals surface area contributed by atoms with Crippen molar-refractivity contribution >= 4 is 22.7 Å². The zero-order valence-electron chi connectivity index (χ0n) is 8.25. The van der Waals surface area contributed by atoms with E-state index in [1.165, 1.54) is 5.56 Å². The number of H-pyrrole nitrogens is 1. The number of aryl methyl sites for hydroxylation is 1. The fourth-order valence-corrected chi connectivity index (χ4v) is 1.76. The topological polar surface area (TPSA) is 46.0 Å². The average Bonchev–Trinajstić information content (AvgIpc) is 2.57. The Kier molecular flexibility index (Phi) is 3.11. The van der Waals surface area contributed by atoms with Crippen LogP contribution in [0.2, 0.25) is 0 Å². The molecule has 0 aliphatic rings. The quantitative estimate of drug-likeness (QED) is 0.642. The molecule has 0 atom stereocenters. The highest BCUT2D eigenvalue weighted by Gasteiger charge is 2.01. The molecular formula is C11H12ClNO2. The second-order valence-corrected chi connectivity index (χ2v) is 3.87. The minimum absolute atomic E-state index is 0.400. The maximum absolute atomic E-state index is 10.9. The molecule has 2 aromatic rings. The summed E-state index contributed by atoms with van der Waals surface area (Å²) in [4.78, 5) is 13.5. The van der Waals surface area contributed by atoms with Crippen LogP contribution in [0.25, 0.3) is 11.1 Å². The van der Waals surface area contributed by atoms with Crippen molar-refractivity contribution in [2.24, 2.45) is 0 Å². The highest BCUT2D eigenvalue weighted by molar-refractivity contribution is 6.17. The monoisotopic (exact) mass is 225 g/mol. The lowest BCUT2D eigenvalue weighted by molar-refractivity contribution is 0.555. The molecule has 2 rings (SSSR count). The largest absolute Gasteiger partial charge is 0.417 e. The Hall–Kier alpha value is -1.22. The van der Waals surface area contributed by atoms with Gasteiger partial charge in [0.25, 0.3) is 0 Å². The Balaban J connectivity index is 2.19. The van der Waals surface area contributed by atoms with E-state index in [0.717, 1.165) is 24.8 Å². The molecule has 4 heteroatoms. The molecule has 0 aliphatic carbocycles. The zero-order valence-corrected chi connectivity index (χ0v) is 9.01. The summed E-state index contributed by atoms with van der Waals surface area (Å²) in [6.07, 6.45) is 3.04. The number of aromatic nitrogens is 1. The predicted molar refractivity (Wildman–Crippen MR) is 60.5 cm³/mol. The SMILES string of the molecule is O=c1[nH]c2ccc(CCCCCl)cc2o1. The molecule has 0 amide bonds. The van der Waals surface area contributed by atoms with Gasteiger partial charge >= 0.3 is 5.76 Å². The molecule has 0 unspecified atom stereocenters. The van der Waals surface area contributed by atoms with Crippen molar-refractivity contribution in [3.63, 3.8) is 0 Å². The Labute approximate surface area is 92.1 Å². The van der Waals surface area contributed by atoms with Crippen LogP contribution in [-0.4, -0.2) is 10.9 Å². The Morgan fingerprint density at radius 1 is 1.33 bits per heavy atom. The first kappa shape index (κ1) is 10.3. The van der Waals surface area contributed by atoms with Crippen LogP contribution >= 0.6 is 11.6 Å². The number of oxazole rings is 1. The number of hydrogen-bond acceptors (Lipinski definition) is 2. The second-order valence-electron chi connectivity index (χ2n) is 3.49. The number of hydrogen-bond donors (Lipinski definition) is 1. The number of nitrogens with one attached hydrogen (secondary N) is 1. The van der Waals surface area contributed by atoms with E-state index < -0.39 is 5.76 Å². The van der Waals surface area contributed by atoms with E-state index >= 15 is 0 Å². The van der Waals surface area contributed by atoms with Crippen LogP contribution in [0, 0.1) is 0 Å². The van der Waals surface area contributed by atoms with Gasteiger partial charge in [-0.15, -0.1) is 11.6 Å². The van der Waals surface area contributed by atoms with Crippen LogP contribution in [-0.2, 0) is 6.42 Å². The normalized spacial score (nSPS) is 11.0. The number of unbranched alkanes of at least 4 members (excludes halogenated alkanes) is 1. The van der Waals surface area contributed by atoms with E-state index in [-0.39, 0.29) is 0 Å². The fourth-order valence-electron chi connectivity index (χ4n) is 1.57. The maximum atomic E-state index is 10.9. The van der Waals surface area contributed by atoms with Crippen molar-refractivity contribution in [1.29, 1.82) is 0 Å². The van der Waals surface area contributed by atoms with Gasteiger partial charge in [-0.05, 0) is 37.0 Å². The first-order valence-electron chi connectivity index (χ1n) is 4.97. The van der Waals surface area contributed by atoms with Crippen molar-refractivity contribution < 1.29 is 4.42 Å². The zero-order chi connectivity index (χ0) is 10.7. The number of rotatable bonds is 4. The summed E-state index contributed by atoms with van der Waals surface area (Å²) in [5, 5.41) is 0. The number of benzene rings is 1. The lowest BCUT2D eigenvalue weighted by Crippen LogP contribution is -1.92. The van der Waals surface area contributed by atoms with Crippen LogP contribution in [0.4, 0.5) is 0 Å². The third-order valence-corrected chi connectivity index (χ3v) is 2.60. The van der Waals surface area contributed by atoms with Gasteiger partial charge in [0, 0.05) is 5.88 Å². The maximum Gasteiger partial charge on any atom is 0.417 e. The molecule has 1 aromatic carbocycles. The van der Waals surface area contributed by atoms with Gasteiger partial charge in [0.1, 0.15) is 0 Å². The molecule has 0 saturated carbocycles. The first-order valence-corrected chi connectivity index (χ1v) is 5.51. The predicted octanol–water partition coefficient (Wildman–Crippen LogP) is 2.68. The summed E-state index contributed by atoms with van der Waals surface area (Å²) in [6, 6.07) is 5.78. The molecule has 0 spiro atoms. The molecule has 0 bridgehead atoms. The smallest absolute Gasteiger partial charge is 0.408 e. The van der Waals surface area contributed by atoms with Crippen LogP contribution < -0.4 is 5.76 Å². The summed E-state index contributed by atoms with van der Waals surface area (Å²) in [6.45, 7) is 0. The van der Waals surface area contributed by atoms with Gasteiger partial charge in [-0.25, -0.2) is 4.79 Å². The van der Waals surface area contributed by atoms with Gasteiger partial charge in [-0.2, -0.15) is 0 Å². The molecule has 1 heterocycles. The van der Waals surface area contributed by atoms with Crippen LogP contribution in [0.5, 0.6) is 0 Å². The Morgan fingerprint density at radius 2 is 2.20 bits per heavy atom. The molecule has 3 nitrogen and oxygen atoms in total. The van der Waals surface area contributed by atoms with E-state index in [1.54, 1.807) is 0 Å². The van der Waals surface area contributed by atoms with E-state index in [4.69, 9.17) is 16.0 Å². The van der Waals surface area contributed by atoms with E-state index in [0.29, 0.717) is 11.5 Å². The molecule has 1 N–H and O–H groups in total. The van der Waals surface area contributed by atoms with Gasteiger partial charge in [-0.1, -0.05) is 6.07 Å². The molecule has 15 heavy (non-hydrogen) atoms. The summed E-state index contributed by atoms with van der Waals surface area (Å²) < 4.78 is 4.98. The highest BCUT2D eigenvalue weighted by atomic mass is 35.5. The number of fused-ring (bicyclic) bond motifs is 1. The minimum Gasteiger partial charge on any atom is -0.408 e. The molecular weight excluding hydrogens is 214 g/mol. The van der Waals surface area contributed by atoms with Crippen molar-refractivity contribution in [1.82, 2.24) is 4.98 Å². The second kappa shape index (κ2) is 4.53. The third-order valence-electron chi connectivity index (χ3n) is 2.33. The van der Waals surface area contributed by atoms with Gasteiger partial charge in [0.2, 0.25) is 0 Å². The van der Waals surface area contributed by atoms with Crippen molar-refractivity contribution in [3.05, 3.63) is 34.3 Å². The summed E-state index contributed by atoms with van der Waals surface area (Å²) in [7, 11) is 0. The summed E-state index contributed by atoms with van der Waals surface area (Å²) >= 11 is 5.60. The van der Waals surface area contributed by atoms with Gasteiger partial charge in [0.05, 0.1) is 5.52 Å². The fraction of sp³-hybridized carbons (Fsp3) is 0.364. The van der Waals surface area contributed by atoms with Gasteiger partial charge in [-0.3, -0.25) is 4.98 Å². The van der Waals surface area contributed by atoms with Crippen LogP contribution in [0.1, 0.15) is 18.4 Å². The Morgan fingerprint density at radius 3 is 3.00 bits per heavy atom. The molecule has 1 aromatic heterocycles. The molecule has 0 fully saturated rings. The lowest BCUT2D eigenvalue weighted by atomic mass is 10.1. The van der Waals surface area contributed by atoms with E-state index in [9.17, 15) is 4.79 Å². The number of aromatic amines is 1. The van der Waals surface area contributed by atoms with Crippen LogP contribution in [0.15, 0.2) is 27.4 Å². The van der Waals surface area contributed by atoms with Crippen molar-refractivity contribution in [2.45, 2.75) is 19.3 Å². The number of halogens is 1. The number of alkyl halides is 1. The minimum atomic E-state index is -0.400. The van der Waals surface area contributed by atoms with E-state index in [2.05, 4.69) is 4.98 Å². The highest BCUT2D eigenvalue weighted by Crippen LogP contribution is 2.14. The summed E-state index contributed by atoms with van der Waals surface area (Å²) in [5.41, 5.74) is 2.56. The lowest BCUT2D eigenvalue weighted by Gasteiger charge is -1.98. The average molecular weight is 226 g/mol. The van der Waals surface area contributed by atoms with Crippen molar-refractivity contribution in [2.75, 3.05) is 5.88 Å². The first-order chi connectivity index (χ1) is 7.29. The Bertz CT molecular complexity index is 501. The molecule has 80 valence electrons. The molecule has 0 saturated heterocycles. The standard InChI is InChI=1S/C11H12ClNO2/c12-6-2-1-3-8-4-5-9-10(7-8)15-11(14)13-9/h4-5,7H,1-3,6H2,(H,13,14). The van der Waals surface area contributed by atoms with Gasteiger partial charge in [0.15, 0.2) is 5.58 Å².